The van der Waals surface area contributed by atoms with Crippen LogP contribution < -0.4 is 9.47 Å². The maximum Gasteiger partial charge on any atom is 0.308 e. The fourth-order valence-corrected chi connectivity index (χ4v) is 3.80. The van der Waals surface area contributed by atoms with Gasteiger partial charge in [0.15, 0.2) is 5.75 Å². The highest BCUT2D eigenvalue weighted by molar-refractivity contribution is 7.14. The van der Waals surface area contributed by atoms with Crippen LogP contribution in [0.2, 0.25) is 5.02 Å². The Balaban J connectivity index is 2.24. The Morgan fingerprint density at radius 1 is 1.26 bits per heavy atom. The number of fused-ring (bicyclic) bond motifs is 1. The van der Waals surface area contributed by atoms with Crippen LogP contribution in [0.25, 0.3) is 10.9 Å². The van der Waals surface area contributed by atoms with Gasteiger partial charge in [0.05, 0.1) is 33.1 Å². The quantitative estimate of drug-likeness (QED) is 0.550. The zero-order valence-electron chi connectivity index (χ0n) is 14.5. The standard InChI is InChI=1S/C18H14ClF2NO4S/c1-8-16(26-9(2)23)10-6-13(25-3)11(19)7-12(10)22(8)18(24)15-5-4-14(27-15)17(20)21/h4-7,17H,1-3H3. The second-order valence-electron chi connectivity index (χ2n) is 5.66. The number of rotatable bonds is 4. The lowest BCUT2D eigenvalue weighted by molar-refractivity contribution is -0.131. The zero-order valence-corrected chi connectivity index (χ0v) is 16.1. The zero-order chi connectivity index (χ0) is 19.9. The Morgan fingerprint density at radius 2 is 1.96 bits per heavy atom. The average molecular weight is 414 g/mol. The van der Waals surface area contributed by atoms with Gasteiger partial charge >= 0.3 is 5.97 Å². The number of nitrogens with zero attached hydrogens (tertiary/aromatic N) is 1. The van der Waals surface area contributed by atoms with Crippen molar-refractivity contribution in [1.82, 2.24) is 4.57 Å². The van der Waals surface area contributed by atoms with Gasteiger partial charge < -0.3 is 9.47 Å². The number of halogens is 3. The number of alkyl halides is 2. The Bertz CT molecular complexity index is 1060. The van der Waals surface area contributed by atoms with E-state index in [1.54, 1.807) is 13.0 Å². The van der Waals surface area contributed by atoms with E-state index >= 15 is 0 Å². The van der Waals surface area contributed by atoms with E-state index in [0.29, 0.717) is 33.7 Å². The highest BCUT2D eigenvalue weighted by Gasteiger charge is 2.25. The van der Waals surface area contributed by atoms with Gasteiger partial charge in [0.25, 0.3) is 12.3 Å². The molecule has 27 heavy (non-hydrogen) atoms. The summed E-state index contributed by atoms with van der Waals surface area (Å²) < 4.78 is 37.5. The lowest BCUT2D eigenvalue weighted by atomic mass is 10.2. The van der Waals surface area contributed by atoms with E-state index in [9.17, 15) is 18.4 Å². The molecular weight excluding hydrogens is 400 g/mol. The summed E-state index contributed by atoms with van der Waals surface area (Å²) in [6.07, 6.45) is -2.66. The highest BCUT2D eigenvalue weighted by atomic mass is 35.5. The van der Waals surface area contributed by atoms with E-state index in [1.165, 1.54) is 36.8 Å². The molecule has 142 valence electrons. The lowest BCUT2D eigenvalue weighted by Crippen LogP contribution is -2.12. The van der Waals surface area contributed by atoms with Crippen LogP contribution in [0.1, 0.15) is 33.6 Å². The van der Waals surface area contributed by atoms with E-state index in [1.807, 2.05) is 0 Å². The first kappa shape index (κ1) is 19.3. The van der Waals surface area contributed by atoms with Crippen LogP contribution in [0.4, 0.5) is 8.78 Å². The number of ether oxygens (including phenoxy) is 2. The van der Waals surface area contributed by atoms with Gasteiger partial charge in [0, 0.05) is 12.3 Å². The number of carbonyl (C=O) groups is 2. The largest absolute Gasteiger partial charge is 0.495 e. The summed E-state index contributed by atoms with van der Waals surface area (Å²) in [5.41, 5.74) is 0.730. The molecular formula is C18H14ClF2NO4S. The molecule has 5 nitrogen and oxygen atoms in total. The third-order valence-corrected chi connectivity index (χ3v) is 5.30. The summed E-state index contributed by atoms with van der Waals surface area (Å²) in [4.78, 5) is 24.4. The molecule has 0 saturated heterocycles. The minimum atomic E-state index is -2.66. The molecule has 0 aliphatic rings. The van der Waals surface area contributed by atoms with E-state index in [0.717, 1.165) is 0 Å². The summed E-state index contributed by atoms with van der Waals surface area (Å²) in [5.74, 6) is -0.548. The minimum Gasteiger partial charge on any atom is -0.495 e. The van der Waals surface area contributed by atoms with E-state index in [4.69, 9.17) is 21.1 Å². The van der Waals surface area contributed by atoms with Crippen molar-refractivity contribution in [3.63, 3.8) is 0 Å². The van der Waals surface area contributed by atoms with Crippen molar-refractivity contribution >= 4 is 45.7 Å². The van der Waals surface area contributed by atoms with Crippen LogP contribution in [0.15, 0.2) is 24.3 Å². The number of aromatic nitrogens is 1. The van der Waals surface area contributed by atoms with Crippen LogP contribution in [0.5, 0.6) is 11.5 Å². The molecule has 0 aliphatic carbocycles. The number of hydrogen-bond acceptors (Lipinski definition) is 5. The average Bonchev–Trinajstić information content (AvgIpc) is 3.18. The molecule has 0 saturated carbocycles. The summed E-state index contributed by atoms with van der Waals surface area (Å²) >= 11 is 6.90. The fourth-order valence-electron chi connectivity index (χ4n) is 2.77. The lowest BCUT2D eigenvalue weighted by Gasteiger charge is -2.07. The number of hydrogen-bond donors (Lipinski definition) is 0. The smallest absolute Gasteiger partial charge is 0.308 e. The topological polar surface area (TPSA) is 57.5 Å². The molecule has 0 aliphatic heterocycles. The molecule has 0 bridgehead atoms. The van der Waals surface area contributed by atoms with Crippen LogP contribution in [-0.2, 0) is 4.79 Å². The molecule has 0 N–H and O–H groups in total. The monoisotopic (exact) mass is 413 g/mol. The van der Waals surface area contributed by atoms with Crippen LogP contribution in [0.3, 0.4) is 0 Å². The maximum absolute atomic E-state index is 13.0. The molecule has 9 heteroatoms. The van der Waals surface area contributed by atoms with E-state index in [-0.39, 0.29) is 20.5 Å². The Hall–Kier alpha value is -2.45. The summed E-state index contributed by atoms with van der Waals surface area (Å²) in [6, 6.07) is 5.63. The second-order valence-corrected chi connectivity index (χ2v) is 7.18. The van der Waals surface area contributed by atoms with Crippen LogP contribution in [0, 0.1) is 6.92 Å². The minimum absolute atomic E-state index is 0.131. The normalized spacial score (nSPS) is 11.2. The van der Waals surface area contributed by atoms with Crippen molar-refractivity contribution in [3.05, 3.63) is 44.7 Å². The fraction of sp³-hybridized carbons (Fsp3) is 0.222. The van der Waals surface area contributed by atoms with E-state index < -0.39 is 18.3 Å². The van der Waals surface area contributed by atoms with Gasteiger partial charge in [-0.05, 0) is 31.2 Å². The SMILES string of the molecule is COc1cc2c(OC(C)=O)c(C)n(C(=O)c3ccc(C(F)F)s3)c2cc1Cl. The van der Waals surface area contributed by atoms with Gasteiger partial charge in [-0.2, -0.15) is 0 Å². The first-order valence-electron chi connectivity index (χ1n) is 7.74. The molecule has 0 spiro atoms. The van der Waals surface area contributed by atoms with E-state index in [2.05, 4.69) is 0 Å². The summed E-state index contributed by atoms with van der Waals surface area (Å²) in [5, 5.41) is 0.702. The van der Waals surface area contributed by atoms with Crippen molar-refractivity contribution in [3.8, 4) is 11.5 Å². The van der Waals surface area contributed by atoms with Crippen molar-refractivity contribution in [1.29, 1.82) is 0 Å². The third-order valence-electron chi connectivity index (χ3n) is 3.92. The first-order valence-corrected chi connectivity index (χ1v) is 8.93. The molecule has 3 rings (SSSR count). The number of methoxy groups -OCH3 is 1. The molecule has 0 atom stereocenters. The van der Waals surface area contributed by atoms with Gasteiger partial charge in [-0.1, -0.05) is 11.6 Å². The van der Waals surface area contributed by atoms with Gasteiger partial charge in [-0.25, -0.2) is 8.78 Å². The molecule has 0 fully saturated rings. The predicted octanol–water partition coefficient (Wildman–Crippen LogP) is 5.22. The molecule has 2 aromatic heterocycles. The van der Waals surface area contributed by atoms with Gasteiger partial charge in [-0.3, -0.25) is 14.2 Å². The molecule has 0 radical (unpaired) electrons. The Morgan fingerprint density at radius 3 is 2.52 bits per heavy atom. The van der Waals surface area contributed by atoms with Crippen LogP contribution >= 0.6 is 22.9 Å². The molecule has 3 aromatic rings. The Labute approximate surface area is 162 Å². The number of carbonyl (C=O) groups excluding carboxylic acids is 2. The van der Waals surface area contributed by atoms with Crippen molar-refractivity contribution in [2.45, 2.75) is 20.3 Å². The number of thiophene rings is 1. The van der Waals surface area contributed by atoms with Crippen LogP contribution in [-0.4, -0.2) is 23.6 Å². The molecule has 0 amide bonds. The predicted molar refractivity (Wildman–Crippen MR) is 98.6 cm³/mol. The van der Waals surface area contributed by atoms with Gasteiger partial charge in [0.1, 0.15) is 5.75 Å². The molecule has 0 unspecified atom stereocenters. The van der Waals surface area contributed by atoms with Crippen molar-refractivity contribution in [2.75, 3.05) is 7.11 Å². The number of benzene rings is 1. The Kier molecular flexibility index (Phi) is 5.21. The van der Waals surface area contributed by atoms with Gasteiger partial charge in [0.2, 0.25) is 0 Å². The molecule has 2 heterocycles. The maximum atomic E-state index is 13.0. The first-order chi connectivity index (χ1) is 12.7. The van der Waals surface area contributed by atoms with Crippen molar-refractivity contribution in [2.24, 2.45) is 0 Å². The highest BCUT2D eigenvalue weighted by Crippen LogP contribution is 2.40. The summed E-state index contributed by atoms with van der Waals surface area (Å²) in [7, 11) is 1.44. The number of esters is 1. The van der Waals surface area contributed by atoms with Crippen molar-refractivity contribution < 1.29 is 27.8 Å². The molecule has 1 aromatic carbocycles. The third kappa shape index (κ3) is 3.42. The van der Waals surface area contributed by atoms with Gasteiger partial charge in [-0.15, -0.1) is 11.3 Å². The second kappa shape index (κ2) is 7.28. The summed E-state index contributed by atoms with van der Waals surface area (Å²) in [6.45, 7) is 2.84.